The van der Waals surface area contributed by atoms with Crippen molar-refractivity contribution in [2.24, 2.45) is 0 Å². The van der Waals surface area contributed by atoms with Crippen molar-refractivity contribution in [1.82, 2.24) is 0 Å². The predicted molar refractivity (Wildman–Crippen MR) is 93.9 cm³/mol. The molecule has 0 bridgehead atoms. The van der Waals surface area contributed by atoms with Crippen LogP contribution in [-0.4, -0.2) is 0 Å². The summed E-state index contributed by atoms with van der Waals surface area (Å²) < 4.78 is 5.53. The van der Waals surface area contributed by atoms with E-state index in [2.05, 4.69) is 54.6 Å². The van der Waals surface area contributed by atoms with Gasteiger partial charge in [-0.1, -0.05) is 48.5 Å². The molecular weight excluding hydrogens is 406 g/mol. The summed E-state index contributed by atoms with van der Waals surface area (Å²) in [7, 11) is 9.87. The SMILES string of the molecule is C1=C(c2ccco2)Cc2cccc(-c3ccccc3)c21.[Cl][Zr][Cl]. The molecule has 0 amide bonds. The standard InChI is InChI=1S/C19H14O.2ClH.Zr/c1-2-6-14(7-3-1)17-9-4-8-15-12-16(13-18(15)17)19-10-5-11-20-19;;;/h1-11,13H,12H2;2*1H;/q;;;+2/p-2. The molecule has 0 fully saturated rings. The van der Waals surface area contributed by atoms with Gasteiger partial charge in [-0.2, -0.15) is 0 Å². The van der Waals surface area contributed by atoms with Gasteiger partial charge in [0.25, 0.3) is 0 Å². The van der Waals surface area contributed by atoms with E-state index in [1.807, 2.05) is 12.1 Å². The molecule has 0 atom stereocenters. The molecule has 0 N–H and O–H groups in total. The zero-order chi connectivity index (χ0) is 16.1. The summed E-state index contributed by atoms with van der Waals surface area (Å²) in [5, 5.41) is 0. The third-order valence-corrected chi connectivity index (χ3v) is 3.82. The van der Waals surface area contributed by atoms with Gasteiger partial charge in [-0.25, -0.2) is 0 Å². The van der Waals surface area contributed by atoms with Crippen LogP contribution in [0.15, 0.2) is 71.3 Å². The second-order valence-corrected chi connectivity index (χ2v) is 8.87. The van der Waals surface area contributed by atoms with Gasteiger partial charge < -0.3 is 4.42 Å². The van der Waals surface area contributed by atoms with E-state index in [0.717, 1.165) is 12.2 Å². The number of hydrogen-bond donors (Lipinski definition) is 0. The van der Waals surface area contributed by atoms with E-state index in [9.17, 15) is 0 Å². The molecule has 3 aromatic rings. The number of fused-ring (bicyclic) bond motifs is 1. The van der Waals surface area contributed by atoms with Crippen molar-refractivity contribution in [1.29, 1.82) is 0 Å². The zero-order valence-corrected chi connectivity index (χ0v) is 16.3. The maximum absolute atomic E-state index is 5.53. The van der Waals surface area contributed by atoms with Crippen LogP contribution in [-0.2, 0) is 27.3 Å². The van der Waals surface area contributed by atoms with Crippen molar-refractivity contribution in [3.63, 3.8) is 0 Å². The number of allylic oxidation sites excluding steroid dienone is 1. The Hall–Kier alpha value is -1.08. The predicted octanol–water partition coefficient (Wildman–Crippen LogP) is 6.42. The van der Waals surface area contributed by atoms with E-state index in [1.165, 1.54) is 27.8 Å². The average Bonchev–Trinajstić information content (AvgIpc) is 3.25. The number of furan rings is 1. The first-order valence-corrected chi connectivity index (χ1v) is 13.5. The van der Waals surface area contributed by atoms with Crippen LogP contribution in [0.4, 0.5) is 0 Å². The number of rotatable bonds is 2. The Kier molecular flexibility index (Phi) is 5.94. The molecule has 0 radical (unpaired) electrons. The Morgan fingerprint density at radius 2 is 1.65 bits per heavy atom. The zero-order valence-electron chi connectivity index (χ0n) is 12.3. The maximum atomic E-state index is 5.53. The molecule has 1 aromatic heterocycles. The first-order valence-electron chi connectivity index (χ1n) is 7.21. The normalized spacial score (nSPS) is 12.0. The third-order valence-electron chi connectivity index (χ3n) is 3.82. The van der Waals surface area contributed by atoms with Gasteiger partial charge in [-0.05, 0) is 46.0 Å². The number of benzene rings is 2. The van der Waals surface area contributed by atoms with E-state index in [0.29, 0.717) is 0 Å². The Balaban J connectivity index is 0.000000485. The molecule has 1 heterocycles. The summed E-state index contributed by atoms with van der Waals surface area (Å²) in [6.07, 6.45) is 4.94. The van der Waals surface area contributed by atoms with Crippen molar-refractivity contribution in [2.75, 3.05) is 0 Å². The quantitative estimate of drug-likeness (QED) is 0.466. The monoisotopic (exact) mass is 418 g/mol. The first kappa shape index (κ1) is 16.8. The minimum absolute atomic E-state index is 0.826. The molecule has 0 saturated carbocycles. The summed E-state index contributed by atoms with van der Waals surface area (Å²) in [5.74, 6) is 0.972. The molecule has 0 unspecified atom stereocenters. The van der Waals surface area contributed by atoms with E-state index in [-0.39, 0.29) is 0 Å². The molecule has 0 saturated heterocycles. The molecule has 23 heavy (non-hydrogen) atoms. The van der Waals surface area contributed by atoms with Crippen molar-refractivity contribution >= 4 is 28.7 Å². The van der Waals surface area contributed by atoms with Crippen LogP contribution in [0.3, 0.4) is 0 Å². The summed E-state index contributed by atoms with van der Waals surface area (Å²) in [6.45, 7) is 0. The van der Waals surface area contributed by atoms with Crippen molar-refractivity contribution < 1.29 is 25.3 Å². The summed E-state index contributed by atoms with van der Waals surface area (Å²) in [5.41, 5.74) is 6.52. The molecule has 4 heteroatoms. The average molecular weight is 420 g/mol. The van der Waals surface area contributed by atoms with Gasteiger partial charge in [0.1, 0.15) is 5.76 Å². The van der Waals surface area contributed by atoms with E-state index < -0.39 is 20.8 Å². The molecule has 4 rings (SSSR count). The molecular formula is C19H14Cl2OZr. The molecule has 1 nitrogen and oxygen atoms in total. The molecule has 0 aliphatic heterocycles. The Bertz CT molecular complexity index is 796. The Labute approximate surface area is 154 Å². The van der Waals surface area contributed by atoms with Crippen LogP contribution >= 0.6 is 17.0 Å². The van der Waals surface area contributed by atoms with Crippen LogP contribution in [0.2, 0.25) is 0 Å². The van der Waals surface area contributed by atoms with E-state index in [1.54, 1.807) is 6.26 Å². The molecule has 0 spiro atoms. The van der Waals surface area contributed by atoms with Crippen molar-refractivity contribution in [3.05, 3.63) is 83.8 Å². The Morgan fingerprint density at radius 3 is 2.35 bits per heavy atom. The second-order valence-electron chi connectivity index (χ2n) is 5.14. The van der Waals surface area contributed by atoms with Crippen molar-refractivity contribution in [2.45, 2.75) is 6.42 Å². The number of hydrogen-bond acceptors (Lipinski definition) is 1. The van der Waals surface area contributed by atoms with E-state index in [4.69, 9.17) is 21.4 Å². The van der Waals surface area contributed by atoms with Crippen LogP contribution in [0.25, 0.3) is 22.8 Å². The first-order chi connectivity index (χ1) is 11.3. The minimum atomic E-state index is -0.826. The summed E-state index contributed by atoms with van der Waals surface area (Å²) in [6, 6.07) is 21.0. The Morgan fingerprint density at radius 1 is 0.870 bits per heavy atom. The second kappa shape index (κ2) is 8.15. The summed E-state index contributed by atoms with van der Waals surface area (Å²) in [4.78, 5) is 0. The van der Waals surface area contributed by atoms with Crippen LogP contribution < -0.4 is 0 Å². The van der Waals surface area contributed by atoms with E-state index >= 15 is 0 Å². The fourth-order valence-electron chi connectivity index (χ4n) is 2.86. The molecule has 1 aliphatic rings. The molecule has 2 aromatic carbocycles. The fraction of sp³-hybridized carbons (Fsp3) is 0.0526. The van der Waals surface area contributed by atoms with Gasteiger partial charge >= 0.3 is 37.9 Å². The van der Waals surface area contributed by atoms with Gasteiger partial charge in [0, 0.05) is 6.42 Å². The van der Waals surface area contributed by atoms with Gasteiger partial charge in [-0.3, -0.25) is 0 Å². The van der Waals surface area contributed by atoms with Crippen LogP contribution in [0.1, 0.15) is 16.9 Å². The van der Waals surface area contributed by atoms with Crippen LogP contribution in [0.5, 0.6) is 0 Å². The summed E-state index contributed by atoms with van der Waals surface area (Å²) >= 11 is -0.826. The van der Waals surface area contributed by atoms with Gasteiger partial charge in [0.15, 0.2) is 0 Å². The molecule has 1 aliphatic carbocycles. The van der Waals surface area contributed by atoms with Crippen LogP contribution in [0, 0.1) is 0 Å². The van der Waals surface area contributed by atoms with Gasteiger partial charge in [-0.15, -0.1) is 0 Å². The van der Waals surface area contributed by atoms with Gasteiger partial charge in [0.2, 0.25) is 0 Å². The molecule has 114 valence electrons. The third kappa shape index (κ3) is 3.88. The van der Waals surface area contributed by atoms with Crippen molar-refractivity contribution in [3.8, 4) is 11.1 Å². The fourth-order valence-corrected chi connectivity index (χ4v) is 2.86. The van der Waals surface area contributed by atoms with Gasteiger partial charge in [0.05, 0.1) is 6.26 Å². The topological polar surface area (TPSA) is 13.1 Å². The number of halogens is 2.